The van der Waals surface area contributed by atoms with E-state index in [9.17, 15) is 14.3 Å². The molecule has 0 atom stereocenters. The molecule has 2 aromatic heterocycles. The zero-order chi connectivity index (χ0) is 33.8. The van der Waals surface area contributed by atoms with E-state index in [1.165, 1.54) is 23.5 Å². The number of aryl methyl sites for hydroxylation is 1. The van der Waals surface area contributed by atoms with Crippen LogP contribution in [-0.4, -0.2) is 52.2 Å². The number of phenols is 1. The number of thiazole rings is 1. The maximum absolute atomic E-state index is 16.1. The molecule has 0 unspecified atom stereocenters. The molecule has 0 bridgehead atoms. The lowest BCUT2D eigenvalue weighted by Crippen LogP contribution is -2.47. The summed E-state index contributed by atoms with van der Waals surface area (Å²) in [6, 6.07) is 17.7. The summed E-state index contributed by atoms with van der Waals surface area (Å²) < 4.78 is 30.1. The lowest BCUT2D eigenvalue weighted by atomic mass is 9.71. The van der Waals surface area contributed by atoms with E-state index in [2.05, 4.69) is 46.3 Å². The minimum absolute atomic E-state index is 0.125. The van der Waals surface area contributed by atoms with Crippen molar-refractivity contribution in [1.82, 2.24) is 14.9 Å². The molecule has 1 saturated heterocycles. The number of pyridine rings is 1. The Morgan fingerprint density at radius 2 is 1.73 bits per heavy atom. The molecule has 0 radical (unpaired) electrons. The van der Waals surface area contributed by atoms with Crippen molar-refractivity contribution < 1.29 is 18.7 Å². The number of hydrogen-bond acceptors (Lipinski definition) is 7. The number of amides is 2. The predicted octanol–water partition coefficient (Wildman–Crippen LogP) is 8.83. The van der Waals surface area contributed by atoms with Crippen molar-refractivity contribution in [2.75, 3.05) is 41.7 Å². The van der Waals surface area contributed by atoms with Crippen molar-refractivity contribution in [2.24, 2.45) is 5.41 Å². The van der Waals surface area contributed by atoms with Crippen LogP contribution in [0.5, 0.6) is 5.75 Å². The second kappa shape index (κ2) is 12.1. The monoisotopic (exact) mass is 668 g/mol. The first-order valence-electron chi connectivity index (χ1n) is 16.1. The van der Waals surface area contributed by atoms with Gasteiger partial charge in [0.25, 0.3) is 0 Å². The smallest absolute Gasteiger partial charge is 0.325 e. The van der Waals surface area contributed by atoms with Crippen LogP contribution in [0.25, 0.3) is 21.5 Å². The Kier molecular flexibility index (Phi) is 8.07. The van der Waals surface area contributed by atoms with E-state index < -0.39 is 23.1 Å². The van der Waals surface area contributed by atoms with Gasteiger partial charge in [0, 0.05) is 35.8 Å². The van der Waals surface area contributed by atoms with E-state index >= 15 is 4.39 Å². The minimum atomic E-state index is -0.553. The number of para-hydroxylation sites is 2. The van der Waals surface area contributed by atoms with Crippen LogP contribution in [0.15, 0.2) is 66.7 Å². The molecule has 7 rings (SSSR count). The van der Waals surface area contributed by atoms with Crippen LogP contribution in [-0.2, 0) is 5.41 Å². The molecule has 1 spiro atoms. The van der Waals surface area contributed by atoms with Gasteiger partial charge < -0.3 is 20.2 Å². The first-order chi connectivity index (χ1) is 22.9. The fraction of sp³-hybridized carbons (Fsp3) is 0.324. The Morgan fingerprint density at radius 1 is 1.00 bits per heavy atom. The largest absolute Gasteiger partial charge is 0.506 e. The molecule has 1 fully saturated rings. The number of likely N-dealkylation sites (tertiary alicyclic amines) is 1. The standard InChI is InChI=1S/C37H38F2N6O2S/c1-22-9-14-27-33(40-22)48-35(42-27)43-34(47)41-26-7-5-6-8-28(26)45-21-37(15-17-44(18-16-37)20-36(2,3)4)31-30(23-10-12-24(38)13-11-23)25(39)19-29(46)32(31)45/h5-14,19,46H,15-18,20-21H2,1-4H3,(H2,41,42,43,47). The summed E-state index contributed by atoms with van der Waals surface area (Å²) in [5.74, 6) is -1.14. The van der Waals surface area contributed by atoms with Crippen molar-refractivity contribution in [2.45, 2.75) is 46.0 Å². The number of urea groups is 1. The number of nitrogens with one attached hydrogen (secondary N) is 2. The molecular formula is C37H38F2N6O2S. The van der Waals surface area contributed by atoms with Gasteiger partial charge in [0.2, 0.25) is 0 Å². The molecule has 248 valence electrons. The van der Waals surface area contributed by atoms with E-state index in [0.29, 0.717) is 45.4 Å². The fourth-order valence-corrected chi connectivity index (χ4v) is 8.11. The number of nitrogens with zero attached hydrogens (tertiary/aromatic N) is 4. The number of aromatic nitrogens is 2. The van der Waals surface area contributed by atoms with Gasteiger partial charge in [-0.25, -0.2) is 23.5 Å². The van der Waals surface area contributed by atoms with Crippen LogP contribution in [0.3, 0.4) is 0 Å². The minimum Gasteiger partial charge on any atom is -0.506 e. The highest BCUT2D eigenvalue weighted by Gasteiger charge is 2.49. The third kappa shape index (κ3) is 6.08. The third-order valence-electron chi connectivity index (χ3n) is 9.20. The Labute approximate surface area is 282 Å². The summed E-state index contributed by atoms with van der Waals surface area (Å²) in [7, 11) is 0. The summed E-state index contributed by atoms with van der Waals surface area (Å²) in [5, 5.41) is 17.7. The first kappa shape index (κ1) is 32.0. The molecule has 2 amide bonds. The summed E-state index contributed by atoms with van der Waals surface area (Å²) in [5.41, 5.74) is 4.52. The van der Waals surface area contributed by atoms with Gasteiger partial charge in [-0.1, -0.05) is 56.4 Å². The van der Waals surface area contributed by atoms with Gasteiger partial charge in [-0.15, -0.1) is 0 Å². The molecule has 11 heteroatoms. The van der Waals surface area contributed by atoms with Gasteiger partial charge in [-0.05, 0) is 85.8 Å². The van der Waals surface area contributed by atoms with Crippen LogP contribution in [0.2, 0.25) is 0 Å². The number of carbonyl (C=O) groups excluding carboxylic acids is 1. The number of rotatable bonds is 5. The summed E-state index contributed by atoms with van der Waals surface area (Å²) in [4.78, 5) is 27.5. The molecule has 3 aromatic carbocycles. The molecule has 8 nitrogen and oxygen atoms in total. The second-order valence-corrected chi connectivity index (χ2v) is 15.1. The van der Waals surface area contributed by atoms with Gasteiger partial charge >= 0.3 is 6.03 Å². The Hall–Kier alpha value is -4.61. The highest BCUT2D eigenvalue weighted by Crippen LogP contribution is 2.57. The van der Waals surface area contributed by atoms with Crippen molar-refractivity contribution in [1.29, 1.82) is 0 Å². The molecule has 2 aliphatic rings. The Morgan fingerprint density at radius 3 is 2.46 bits per heavy atom. The number of piperidine rings is 1. The van der Waals surface area contributed by atoms with E-state index in [0.717, 1.165) is 54.6 Å². The number of phenolic OH excluding ortho intramolecular Hbond substituents is 1. The van der Waals surface area contributed by atoms with Crippen LogP contribution in [0, 0.1) is 24.0 Å². The highest BCUT2D eigenvalue weighted by molar-refractivity contribution is 7.21. The number of halogens is 2. The van der Waals surface area contributed by atoms with E-state index in [1.807, 2.05) is 42.2 Å². The maximum atomic E-state index is 16.1. The van der Waals surface area contributed by atoms with Crippen molar-refractivity contribution in [3.05, 3.63) is 89.6 Å². The van der Waals surface area contributed by atoms with Crippen LogP contribution in [0.4, 0.5) is 35.8 Å². The van der Waals surface area contributed by atoms with Crippen LogP contribution >= 0.6 is 11.3 Å². The second-order valence-electron chi connectivity index (χ2n) is 14.1. The SMILES string of the molecule is Cc1ccc2nc(NC(=O)Nc3ccccc3N3CC4(CCN(CC(C)(C)C)CC4)c4c(-c5ccc(F)cc5)c(F)cc(O)c43)sc2n1. The van der Waals surface area contributed by atoms with Gasteiger partial charge in [0.15, 0.2) is 5.13 Å². The summed E-state index contributed by atoms with van der Waals surface area (Å²) in [6.07, 6.45) is 1.48. The topological polar surface area (TPSA) is 93.6 Å². The number of benzene rings is 3. The van der Waals surface area contributed by atoms with Crippen LogP contribution < -0.4 is 15.5 Å². The van der Waals surface area contributed by atoms with Crippen molar-refractivity contribution >= 4 is 49.9 Å². The van der Waals surface area contributed by atoms with E-state index in [4.69, 9.17) is 0 Å². The highest BCUT2D eigenvalue weighted by atomic mass is 32.1. The molecule has 4 heterocycles. The summed E-state index contributed by atoms with van der Waals surface area (Å²) >= 11 is 1.29. The molecule has 5 aromatic rings. The normalized spacial score (nSPS) is 16.0. The zero-order valence-electron chi connectivity index (χ0n) is 27.4. The number of hydrogen-bond donors (Lipinski definition) is 3. The average Bonchev–Trinajstić information content (AvgIpc) is 3.57. The first-order valence-corrected chi connectivity index (χ1v) is 16.9. The third-order valence-corrected chi connectivity index (χ3v) is 10.1. The maximum Gasteiger partial charge on any atom is 0.325 e. The molecule has 0 saturated carbocycles. The number of aromatic hydroxyl groups is 1. The van der Waals surface area contributed by atoms with Crippen molar-refractivity contribution in [3.8, 4) is 16.9 Å². The van der Waals surface area contributed by atoms with Gasteiger partial charge in [0.05, 0.1) is 17.1 Å². The fourth-order valence-electron chi connectivity index (χ4n) is 7.23. The molecule has 0 aliphatic carbocycles. The lowest BCUT2D eigenvalue weighted by molar-refractivity contribution is 0.125. The van der Waals surface area contributed by atoms with Gasteiger partial charge in [-0.3, -0.25) is 5.32 Å². The number of fused-ring (bicyclic) bond motifs is 3. The molecule has 48 heavy (non-hydrogen) atoms. The number of anilines is 4. The van der Waals surface area contributed by atoms with Gasteiger partial charge in [0.1, 0.15) is 27.7 Å². The zero-order valence-corrected chi connectivity index (χ0v) is 28.2. The Balaban J connectivity index is 1.27. The molecule has 3 N–H and O–H groups in total. The Bertz CT molecular complexity index is 2020. The van der Waals surface area contributed by atoms with E-state index in [1.54, 1.807) is 18.2 Å². The quantitative estimate of drug-likeness (QED) is 0.173. The van der Waals surface area contributed by atoms with Crippen molar-refractivity contribution in [3.63, 3.8) is 0 Å². The predicted molar refractivity (Wildman–Crippen MR) is 189 cm³/mol. The average molecular weight is 669 g/mol. The van der Waals surface area contributed by atoms with Crippen LogP contribution in [0.1, 0.15) is 44.9 Å². The number of carbonyl (C=O) groups is 1. The summed E-state index contributed by atoms with van der Waals surface area (Å²) in [6.45, 7) is 11.6. The lowest BCUT2D eigenvalue weighted by Gasteiger charge is -2.42. The molecule has 2 aliphatic heterocycles. The van der Waals surface area contributed by atoms with E-state index in [-0.39, 0.29) is 11.2 Å². The molecular weight excluding hydrogens is 631 g/mol. The van der Waals surface area contributed by atoms with Gasteiger partial charge in [-0.2, -0.15) is 0 Å².